The van der Waals surface area contributed by atoms with E-state index < -0.39 is 56.4 Å². The fourth-order valence-corrected chi connectivity index (χ4v) is 7.72. The summed E-state index contributed by atoms with van der Waals surface area (Å²) in [4.78, 5) is 0. The van der Waals surface area contributed by atoms with Gasteiger partial charge in [-0.3, -0.25) is 0 Å². The predicted octanol–water partition coefficient (Wildman–Crippen LogP) is 7.07. The van der Waals surface area contributed by atoms with Crippen LogP contribution in [0.25, 0.3) is 11.1 Å². The van der Waals surface area contributed by atoms with Crippen molar-refractivity contribution in [3.8, 4) is 16.9 Å². The van der Waals surface area contributed by atoms with E-state index in [0.717, 1.165) is 24.9 Å². The summed E-state index contributed by atoms with van der Waals surface area (Å²) >= 11 is 0. The van der Waals surface area contributed by atoms with Gasteiger partial charge in [-0.15, -0.1) is 0 Å². The van der Waals surface area contributed by atoms with Crippen molar-refractivity contribution in [3.05, 3.63) is 53.1 Å². The molecular weight excluding hydrogens is 422 g/mol. The summed E-state index contributed by atoms with van der Waals surface area (Å²) in [5.74, 6) is -5.32. The van der Waals surface area contributed by atoms with E-state index in [4.69, 9.17) is 0 Å². The van der Waals surface area contributed by atoms with Crippen molar-refractivity contribution in [2.75, 3.05) is 6.61 Å². The van der Waals surface area contributed by atoms with Gasteiger partial charge >= 0.3 is 0 Å². The minimum absolute atomic E-state index is 0.0854. The molecule has 0 aromatic heterocycles. The maximum absolute atomic E-state index is 14.8. The number of hydrogen-bond acceptors (Lipinski definition) is 1. The number of halogens is 6. The minimum Gasteiger partial charge on any atom is -0.482 e. The molecule has 0 saturated carbocycles. The van der Waals surface area contributed by atoms with Crippen LogP contribution in [0.4, 0.5) is 26.3 Å². The maximum atomic E-state index is 14.8. The first kappa shape index (κ1) is 22.7. The largest absolute Gasteiger partial charge is 0.482 e. The molecule has 3 rings (SSSR count). The topological polar surface area (TPSA) is 9.23 Å². The molecule has 0 bridgehead atoms. The van der Waals surface area contributed by atoms with Gasteiger partial charge < -0.3 is 4.74 Å². The van der Waals surface area contributed by atoms with Gasteiger partial charge in [0.15, 0.2) is 17.4 Å². The summed E-state index contributed by atoms with van der Waals surface area (Å²) in [5.41, 5.74) is -0.337. The molecule has 1 saturated heterocycles. The summed E-state index contributed by atoms with van der Waals surface area (Å²) in [7, 11) is -0.730. The Balaban J connectivity index is 1.84. The molecular formula is C22H24F6OSi. The zero-order chi connectivity index (χ0) is 21.8. The first-order chi connectivity index (χ1) is 14.3. The Labute approximate surface area is 173 Å². The van der Waals surface area contributed by atoms with E-state index >= 15 is 0 Å². The van der Waals surface area contributed by atoms with E-state index in [2.05, 4.69) is 11.7 Å². The van der Waals surface area contributed by atoms with Crippen molar-refractivity contribution in [2.24, 2.45) is 0 Å². The molecule has 2 aromatic rings. The molecule has 164 valence electrons. The molecule has 0 atom stereocenters. The van der Waals surface area contributed by atoms with Gasteiger partial charge in [0.2, 0.25) is 0 Å². The molecule has 1 nitrogen and oxygen atoms in total. The van der Waals surface area contributed by atoms with Crippen LogP contribution in [0, 0.1) is 23.3 Å². The van der Waals surface area contributed by atoms with E-state index in [1.807, 2.05) is 0 Å². The van der Waals surface area contributed by atoms with Crippen LogP contribution in [-0.2, 0) is 0 Å². The average Bonchev–Trinajstić information content (AvgIpc) is 2.67. The van der Waals surface area contributed by atoms with Gasteiger partial charge in [0, 0.05) is 8.80 Å². The third-order valence-corrected chi connectivity index (χ3v) is 9.41. The van der Waals surface area contributed by atoms with Gasteiger partial charge in [0.25, 0.3) is 6.43 Å². The second-order valence-electron chi connectivity index (χ2n) is 7.84. The van der Waals surface area contributed by atoms with Crippen molar-refractivity contribution in [3.63, 3.8) is 0 Å². The minimum atomic E-state index is -2.91. The van der Waals surface area contributed by atoms with Crippen molar-refractivity contribution < 1.29 is 31.1 Å². The normalized spacial score (nSPS) is 19.3. The number of benzene rings is 2. The smallest absolute Gasteiger partial charge is 0.272 e. The Morgan fingerprint density at radius 3 is 2.00 bits per heavy atom. The highest BCUT2D eigenvalue weighted by Crippen LogP contribution is 2.38. The fraction of sp³-hybridized carbons (Fsp3) is 0.455. The highest BCUT2D eigenvalue weighted by molar-refractivity contribution is 6.59. The van der Waals surface area contributed by atoms with Gasteiger partial charge in [-0.2, -0.15) is 0 Å². The van der Waals surface area contributed by atoms with Crippen LogP contribution in [0.3, 0.4) is 0 Å². The van der Waals surface area contributed by atoms with Crippen LogP contribution in [0.5, 0.6) is 5.75 Å². The molecule has 1 aliphatic rings. The van der Waals surface area contributed by atoms with Crippen LogP contribution in [-0.4, -0.2) is 21.8 Å². The molecule has 0 N–H and O–H groups in total. The fourth-order valence-electron chi connectivity index (χ4n) is 4.29. The zero-order valence-corrected chi connectivity index (χ0v) is 17.8. The van der Waals surface area contributed by atoms with Crippen LogP contribution >= 0.6 is 0 Å². The zero-order valence-electron chi connectivity index (χ0n) is 16.7. The Morgan fingerprint density at radius 2 is 1.50 bits per heavy atom. The lowest BCUT2D eigenvalue weighted by atomic mass is 9.91. The quantitative estimate of drug-likeness (QED) is 0.327. The third kappa shape index (κ3) is 5.20. The molecule has 0 aliphatic carbocycles. The number of alkyl halides is 2. The second-order valence-corrected chi connectivity index (χ2v) is 11.3. The molecule has 30 heavy (non-hydrogen) atoms. The Kier molecular flexibility index (Phi) is 7.49. The lowest BCUT2D eigenvalue weighted by molar-refractivity contribution is 0.0777. The van der Waals surface area contributed by atoms with Gasteiger partial charge in [-0.1, -0.05) is 31.5 Å². The summed E-state index contributed by atoms with van der Waals surface area (Å²) in [6.07, 6.45) is 0.0902. The van der Waals surface area contributed by atoms with E-state index in [1.54, 1.807) is 0 Å². The predicted molar refractivity (Wildman–Crippen MR) is 107 cm³/mol. The highest BCUT2D eigenvalue weighted by Gasteiger charge is 2.25. The van der Waals surface area contributed by atoms with Gasteiger partial charge in [-0.25, -0.2) is 26.3 Å². The standard InChI is InChI=1S/C22H24F6OSi/c1-2-5-30-6-3-13(4-7-30)14-8-16(23)21(17(24)9-14)15-10-18(25)22(19(26)11-15)29-12-20(27)28/h8-11,13,20,30H,2-7,12H2,1H3. The Hall–Kier alpha value is -1.96. The maximum Gasteiger partial charge on any atom is 0.272 e. The number of ether oxygens (including phenoxy) is 1. The van der Waals surface area contributed by atoms with Crippen molar-refractivity contribution in [2.45, 2.75) is 56.7 Å². The Bertz CT molecular complexity index is 834. The highest BCUT2D eigenvalue weighted by atomic mass is 28.3. The van der Waals surface area contributed by atoms with Gasteiger partial charge in [0.05, 0.1) is 5.56 Å². The van der Waals surface area contributed by atoms with Crippen LogP contribution in [0.15, 0.2) is 24.3 Å². The molecule has 1 aliphatic heterocycles. The summed E-state index contributed by atoms with van der Waals surface area (Å²) in [5, 5.41) is 0. The summed E-state index contributed by atoms with van der Waals surface area (Å²) < 4.78 is 86.6. The second kappa shape index (κ2) is 9.90. The first-order valence-electron chi connectivity index (χ1n) is 10.2. The van der Waals surface area contributed by atoms with Gasteiger partial charge in [0.1, 0.15) is 18.2 Å². The van der Waals surface area contributed by atoms with Crippen molar-refractivity contribution in [1.82, 2.24) is 0 Å². The van der Waals surface area contributed by atoms with Crippen molar-refractivity contribution in [1.29, 1.82) is 0 Å². The monoisotopic (exact) mass is 446 g/mol. The van der Waals surface area contributed by atoms with E-state index in [-0.39, 0.29) is 11.5 Å². The third-order valence-electron chi connectivity index (χ3n) is 5.72. The summed E-state index contributed by atoms with van der Waals surface area (Å²) in [6, 6.07) is 7.45. The lowest BCUT2D eigenvalue weighted by Gasteiger charge is -2.28. The molecule has 1 fully saturated rings. The Morgan fingerprint density at radius 1 is 0.933 bits per heavy atom. The molecule has 0 spiro atoms. The molecule has 1 heterocycles. The lowest BCUT2D eigenvalue weighted by Crippen LogP contribution is -2.20. The SMILES string of the molecule is CCC[SiH]1CCC(c2cc(F)c(-c3cc(F)c(OCC(F)F)c(F)c3)c(F)c2)CC1. The molecule has 2 aromatic carbocycles. The van der Waals surface area contributed by atoms with Gasteiger partial charge in [-0.05, 0) is 54.2 Å². The molecule has 0 amide bonds. The summed E-state index contributed by atoms with van der Waals surface area (Å²) in [6.45, 7) is 0.986. The number of hydrogen-bond donors (Lipinski definition) is 0. The first-order valence-corrected chi connectivity index (χ1v) is 12.6. The van der Waals surface area contributed by atoms with E-state index in [1.165, 1.54) is 24.6 Å². The van der Waals surface area contributed by atoms with Crippen LogP contribution in [0.1, 0.15) is 37.7 Å². The van der Waals surface area contributed by atoms with E-state index in [0.29, 0.717) is 17.7 Å². The number of rotatable bonds is 7. The molecule has 8 heteroatoms. The van der Waals surface area contributed by atoms with Crippen LogP contribution in [0.2, 0.25) is 18.1 Å². The average molecular weight is 447 g/mol. The van der Waals surface area contributed by atoms with Crippen molar-refractivity contribution >= 4 is 8.80 Å². The van der Waals surface area contributed by atoms with Crippen LogP contribution < -0.4 is 4.74 Å². The molecule has 0 unspecified atom stereocenters. The molecule has 0 radical (unpaired) electrons. The van der Waals surface area contributed by atoms with E-state index in [9.17, 15) is 26.3 Å².